The number of rotatable bonds is 4. The lowest BCUT2D eigenvalue weighted by Gasteiger charge is -2.26. The average Bonchev–Trinajstić information content (AvgIpc) is 3.12. The first-order valence-electron chi connectivity index (χ1n) is 12.0. The first kappa shape index (κ1) is 25.0. The molecule has 1 aliphatic rings. The van der Waals surface area contributed by atoms with Crippen LogP contribution in [0.2, 0.25) is 0 Å². The summed E-state index contributed by atoms with van der Waals surface area (Å²) in [4.78, 5) is 24.2. The van der Waals surface area contributed by atoms with Crippen molar-refractivity contribution < 1.29 is 13.9 Å². The maximum atomic E-state index is 13.1. The number of H-pyrrole nitrogens is 1. The summed E-state index contributed by atoms with van der Waals surface area (Å²) in [6.45, 7) is 8.01. The van der Waals surface area contributed by atoms with E-state index in [9.17, 15) is 14.4 Å². The Hall–Kier alpha value is -4.12. The summed E-state index contributed by atoms with van der Waals surface area (Å²) < 4.78 is 18.7. The third-order valence-electron chi connectivity index (χ3n) is 5.79. The highest BCUT2D eigenvalue weighted by molar-refractivity contribution is 5.74. The highest BCUT2D eigenvalue weighted by Gasteiger charge is 2.26. The van der Waals surface area contributed by atoms with Crippen LogP contribution in [0.25, 0.3) is 23.4 Å². The lowest BCUT2D eigenvalue weighted by molar-refractivity contribution is 0.0263. The number of carbonyl (C=O) groups excluding carboxylic acids is 1. The second-order valence-electron chi connectivity index (χ2n) is 9.72. The zero-order valence-electron chi connectivity index (χ0n) is 20.8. The number of nitrogens with zero attached hydrogens (tertiary/aromatic N) is 4. The Kier molecular flexibility index (Phi) is 7.39. The van der Waals surface area contributed by atoms with Crippen molar-refractivity contribution in [2.24, 2.45) is 0 Å². The Morgan fingerprint density at radius 1 is 1.11 bits per heavy atom. The van der Waals surface area contributed by atoms with Crippen LogP contribution in [0.15, 0.2) is 48.7 Å². The summed E-state index contributed by atoms with van der Waals surface area (Å²) in [5, 5.41) is 9.80. The molecule has 0 atom stereocenters. The zero-order valence-corrected chi connectivity index (χ0v) is 20.8. The Balaban J connectivity index is 1.50. The van der Waals surface area contributed by atoms with Gasteiger partial charge in [0.1, 0.15) is 23.3 Å². The molecule has 0 saturated carbocycles. The number of pyridine rings is 1. The third kappa shape index (κ3) is 6.30. The van der Waals surface area contributed by atoms with Gasteiger partial charge >= 0.3 is 6.09 Å². The highest BCUT2D eigenvalue weighted by atomic mass is 19.1. The van der Waals surface area contributed by atoms with Crippen LogP contribution in [0.4, 0.5) is 15.0 Å². The molecule has 0 spiro atoms. The Bertz CT molecular complexity index is 1280. The second-order valence-corrected chi connectivity index (χ2v) is 9.72. The summed E-state index contributed by atoms with van der Waals surface area (Å²) in [6.07, 6.45) is 5.92. The highest BCUT2D eigenvalue weighted by Crippen LogP contribution is 2.28. The molecule has 8 heteroatoms. The number of ether oxygens (including phenoxy) is 1. The minimum atomic E-state index is -0.539. The van der Waals surface area contributed by atoms with Gasteiger partial charge in [-0.25, -0.2) is 9.18 Å². The fourth-order valence-electron chi connectivity index (χ4n) is 4.05. The van der Waals surface area contributed by atoms with Crippen LogP contribution in [0.5, 0.6) is 0 Å². The number of nitriles is 1. The van der Waals surface area contributed by atoms with Crippen molar-refractivity contribution in [1.82, 2.24) is 14.9 Å². The molecule has 0 unspecified atom stereocenters. The summed E-state index contributed by atoms with van der Waals surface area (Å²) in [6, 6.07) is 14.2. The number of amides is 1. The monoisotopic (exact) mass is 487 g/mol. The number of hydrogen-bond acceptors (Lipinski definition) is 5. The molecule has 36 heavy (non-hydrogen) atoms. The number of aromatic nitrogens is 2. The second kappa shape index (κ2) is 10.6. The van der Waals surface area contributed by atoms with Gasteiger partial charge in [0, 0.05) is 43.6 Å². The molecule has 1 fully saturated rings. The van der Waals surface area contributed by atoms with Gasteiger partial charge in [-0.1, -0.05) is 18.2 Å². The maximum Gasteiger partial charge on any atom is 0.410 e. The maximum absolute atomic E-state index is 13.1. The van der Waals surface area contributed by atoms with Crippen molar-refractivity contribution >= 4 is 24.1 Å². The Morgan fingerprint density at radius 3 is 2.61 bits per heavy atom. The number of halogens is 1. The van der Waals surface area contributed by atoms with Crippen LogP contribution >= 0.6 is 0 Å². The summed E-state index contributed by atoms with van der Waals surface area (Å²) >= 11 is 0. The van der Waals surface area contributed by atoms with Crippen LogP contribution in [-0.4, -0.2) is 52.7 Å². The molecular weight excluding hydrogens is 457 g/mol. The molecule has 1 N–H and O–H groups in total. The van der Waals surface area contributed by atoms with Crippen LogP contribution in [-0.2, 0) is 4.74 Å². The molecule has 2 aromatic heterocycles. The van der Waals surface area contributed by atoms with Crippen molar-refractivity contribution in [1.29, 1.82) is 5.26 Å². The molecule has 0 bridgehead atoms. The van der Waals surface area contributed by atoms with Crippen LogP contribution < -0.4 is 4.90 Å². The Morgan fingerprint density at radius 2 is 1.89 bits per heavy atom. The van der Waals surface area contributed by atoms with E-state index in [0.29, 0.717) is 25.2 Å². The predicted octanol–water partition coefficient (Wildman–Crippen LogP) is 5.71. The van der Waals surface area contributed by atoms with Gasteiger partial charge in [-0.3, -0.25) is 4.98 Å². The molecule has 186 valence electrons. The van der Waals surface area contributed by atoms with Gasteiger partial charge in [0.25, 0.3) is 0 Å². The molecule has 0 aliphatic carbocycles. The van der Waals surface area contributed by atoms with Gasteiger partial charge in [0.2, 0.25) is 0 Å². The minimum Gasteiger partial charge on any atom is -0.444 e. The van der Waals surface area contributed by atoms with E-state index in [-0.39, 0.29) is 11.9 Å². The quantitative estimate of drug-likeness (QED) is 0.510. The number of nitrogens with one attached hydrogen (secondary N) is 1. The van der Waals surface area contributed by atoms with E-state index < -0.39 is 5.60 Å². The zero-order chi connectivity index (χ0) is 25.7. The third-order valence-corrected chi connectivity index (χ3v) is 5.79. The fraction of sp³-hybridized carbons (Fsp3) is 0.321. The molecule has 3 heterocycles. The molecule has 3 aromatic rings. The standard InChI is InChI=1S/C28H30FN5O2/c1-28(2,3)36-27(35)34-14-4-13-33(15-16-34)26-22(19-30)18-25(32-26)21-11-12-31-24(17-21)10-7-20-5-8-23(29)9-6-20/h5-12,17-18,32H,4,13-16H2,1-3H3. The summed E-state index contributed by atoms with van der Waals surface area (Å²) in [5.74, 6) is 0.476. The molecule has 1 aromatic carbocycles. The largest absolute Gasteiger partial charge is 0.444 e. The molecule has 1 saturated heterocycles. The molecular formula is C28H30FN5O2. The van der Waals surface area contributed by atoms with Gasteiger partial charge in [0.05, 0.1) is 11.3 Å². The van der Waals surface area contributed by atoms with Crippen LogP contribution in [0, 0.1) is 17.1 Å². The topological polar surface area (TPSA) is 85.2 Å². The van der Waals surface area contributed by atoms with Gasteiger partial charge in [-0.15, -0.1) is 0 Å². The lowest BCUT2D eigenvalue weighted by Crippen LogP contribution is -2.39. The number of benzene rings is 1. The van der Waals surface area contributed by atoms with Gasteiger partial charge in [-0.2, -0.15) is 5.26 Å². The number of aromatic amines is 1. The van der Waals surface area contributed by atoms with Crippen molar-refractivity contribution in [2.75, 3.05) is 31.1 Å². The number of hydrogen-bond donors (Lipinski definition) is 1. The molecule has 1 amide bonds. The summed E-state index contributed by atoms with van der Waals surface area (Å²) in [5.41, 5.74) is 3.35. The van der Waals surface area contributed by atoms with E-state index in [1.54, 1.807) is 23.2 Å². The number of anilines is 1. The number of carbonyl (C=O) groups is 1. The van der Waals surface area contributed by atoms with Crippen LogP contribution in [0.3, 0.4) is 0 Å². The van der Waals surface area contributed by atoms with Gasteiger partial charge < -0.3 is 19.5 Å². The van der Waals surface area contributed by atoms with E-state index in [2.05, 4.69) is 20.9 Å². The average molecular weight is 488 g/mol. The summed E-state index contributed by atoms with van der Waals surface area (Å²) in [7, 11) is 0. The van der Waals surface area contributed by atoms with E-state index in [1.165, 1.54) is 12.1 Å². The molecule has 7 nitrogen and oxygen atoms in total. The minimum absolute atomic E-state index is 0.273. The smallest absolute Gasteiger partial charge is 0.410 e. The van der Waals surface area contributed by atoms with Crippen molar-refractivity contribution in [3.8, 4) is 17.3 Å². The van der Waals surface area contributed by atoms with E-state index >= 15 is 0 Å². The van der Waals surface area contributed by atoms with Crippen molar-refractivity contribution in [3.05, 3.63) is 71.3 Å². The molecule has 0 radical (unpaired) electrons. The molecule has 4 rings (SSSR count). The van der Waals surface area contributed by atoms with Crippen molar-refractivity contribution in [3.63, 3.8) is 0 Å². The fourth-order valence-corrected chi connectivity index (χ4v) is 4.05. The van der Waals surface area contributed by atoms with Gasteiger partial charge in [0.15, 0.2) is 0 Å². The predicted molar refractivity (Wildman–Crippen MR) is 139 cm³/mol. The molecule has 1 aliphatic heterocycles. The van der Waals surface area contributed by atoms with E-state index in [0.717, 1.165) is 41.3 Å². The lowest BCUT2D eigenvalue weighted by atomic mass is 10.1. The van der Waals surface area contributed by atoms with Crippen molar-refractivity contribution in [2.45, 2.75) is 32.8 Å². The SMILES string of the molecule is CC(C)(C)OC(=O)N1CCCN(c2[nH]c(-c3ccnc(C=Cc4ccc(F)cc4)c3)cc2C#N)CC1. The van der Waals surface area contributed by atoms with E-state index in [4.69, 9.17) is 4.74 Å². The first-order chi connectivity index (χ1) is 17.2. The Labute approximate surface area is 210 Å². The van der Waals surface area contributed by atoms with Crippen LogP contribution in [0.1, 0.15) is 44.0 Å². The van der Waals surface area contributed by atoms with E-state index in [1.807, 2.05) is 51.1 Å². The first-order valence-corrected chi connectivity index (χ1v) is 12.0. The normalized spacial score (nSPS) is 14.5. The van der Waals surface area contributed by atoms with Gasteiger partial charge in [-0.05, 0) is 69.2 Å².